The van der Waals surface area contributed by atoms with Crippen LogP contribution < -0.4 is 15.2 Å². The highest BCUT2D eigenvalue weighted by atomic mass is 16.5. The largest absolute Gasteiger partial charge is 0.490 e. The molecule has 5 heteroatoms. The first-order valence-electron chi connectivity index (χ1n) is 6.88. The van der Waals surface area contributed by atoms with E-state index < -0.39 is 0 Å². The quantitative estimate of drug-likeness (QED) is 0.750. The van der Waals surface area contributed by atoms with Gasteiger partial charge in [0, 0.05) is 31.0 Å². The van der Waals surface area contributed by atoms with Crippen molar-refractivity contribution in [3.63, 3.8) is 0 Å². The van der Waals surface area contributed by atoms with Crippen LogP contribution in [0.3, 0.4) is 0 Å². The first kappa shape index (κ1) is 14.4. The van der Waals surface area contributed by atoms with Crippen molar-refractivity contribution in [2.75, 3.05) is 13.2 Å². The van der Waals surface area contributed by atoms with E-state index in [-0.39, 0.29) is 0 Å². The topological polar surface area (TPSA) is 62.3 Å². The van der Waals surface area contributed by atoms with E-state index >= 15 is 0 Å². The number of nitrogens with two attached hydrogens (primary N) is 1. The summed E-state index contributed by atoms with van der Waals surface area (Å²) < 4.78 is 13.5. The molecule has 2 rings (SSSR count). The van der Waals surface area contributed by atoms with E-state index in [9.17, 15) is 0 Å². The van der Waals surface area contributed by atoms with Crippen LogP contribution in [0, 0.1) is 0 Å². The van der Waals surface area contributed by atoms with Crippen molar-refractivity contribution in [2.24, 2.45) is 5.73 Å². The standard InChI is InChI=1S/C15H21N3O2/c1-2-19-14-6-3-5-13(11-16)15(14)20-10-4-8-18-9-7-17-12-18/h3,5-7,9,12H,2,4,8,10-11,16H2,1H3. The molecule has 0 fully saturated rings. The maximum absolute atomic E-state index is 5.87. The molecule has 0 aliphatic rings. The minimum atomic E-state index is 0.442. The molecule has 0 atom stereocenters. The highest BCUT2D eigenvalue weighted by Gasteiger charge is 2.09. The second-order valence-corrected chi connectivity index (χ2v) is 4.38. The Balaban J connectivity index is 1.93. The highest BCUT2D eigenvalue weighted by molar-refractivity contribution is 5.46. The van der Waals surface area contributed by atoms with Gasteiger partial charge in [0.2, 0.25) is 0 Å². The van der Waals surface area contributed by atoms with Gasteiger partial charge in [0.1, 0.15) is 0 Å². The summed E-state index contributed by atoms with van der Waals surface area (Å²) in [6.07, 6.45) is 6.43. The summed E-state index contributed by atoms with van der Waals surface area (Å²) in [6, 6.07) is 5.81. The number of aryl methyl sites for hydroxylation is 1. The van der Waals surface area contributed by atoms with Crippen LogP contribution in [-0.4, -0.2) is 22.8 Å². The Morgan fingerprint density at radius 1 is 1.30 bits per heavy atom. The molecule has 0 radical (unpaired) electrons. The predicted molar refractivity (Wildman–Crippen MR) is 77.8 cm³/mol. The van der Waals surface area contributed by atoms with Crippen LogP contribution in [-0.2, 0) is 13.1 Å². The lowest BCUT2D eigenvalue weighted by atomic mass is 10.2. The fourth-order valence-electron chi connectivity index (χ4n) is 2.00. The van der Waals surface area contributed by atoms with Gasteiger partial charge in [-0.05, 0) is 19.4 Å². The summed E-state index contributed by atoms with van der Waals surface area (Å²) in [5.41, 5.74) is 6.72. The molecular formula is C15H21N3O2. The van der Waals surface area contributed by atoms with E-state index in [1.807, 2.05) is 35.9 Å². The number of imidazole rings is 1. The molecule has 0 saturated heterocycles. The van der Waals surface area contributed by atoms with Gasteiger partial charge in [-0.3, -0.25) is 0 Å². The summed E-state index contributed by atoms with van der Waals surface area (Å²) in [4.78, 5) is 4.01. The molecule has 1 aromatic carbocycles. The van der Waals surface area contributed by atoms with Gasteiger partial charge in [-0.15, -0.1) is 0 Å². The third kappa shape index (κ3) is 3.74. The van der Waals surface area contributed by atoms with E-state index in [0.717, 1.165) is 30.0 Å². The lowest BCUT2D eigenvalue weighted by Crippen LogP contribution is -2.08. The summed E-state index contributed by atoms with van der Waals surface area (Å²) in [6.45, 7) is 4.51. The number of hydrogen-bond acceptors (Lipinski definition) is 4. The summed E-state index contributed by atoms with van der Waals surface area (Å²) in [7, 11) is 0. The summed E-state index contributed by atoms with van der Waals surface area (Å²) >= 11 is 0. The molecule has 0 saturated carbocycles. The van der Waals surface area contributed by atoms with E-state index in [4.69, 9.17) is 15.2 Å². The molecule has 2 aromatic rings. The van der Waals surface area contributed by atoms with Gasteiger partial charge in [-0.2, -0.15) is 0 Å². The third-order valence-electron chi connectivity index (χ3n) is 2.95. The maximum atomic E-state index is 5.87. The Hall–Kier alpha value is -2.01. The van der Waals surface area contributed by atoms with Crippen molar-refractivity contribution >= 4 is 0 Å². The zero-order chi connectivity index (χ0) is 14.2. The van der Waals surface area contributed by atoms with Gasteiger partial charge in [-0.25, -0.2) is 4.98 Å². The van der Waals surface area contributed by atoms with Crippen LogP contribution in [0.2, 0.25) is 0 Å². The van der Waals surface area contributed by atoms with Crippen molar-refractivity contribution in [3.8, 4) is 11.5 Å². The summed E-state index contributed by atoms with van der Waals surface area (Å²) in [5, 5.41) is 0. The first-order valence-corrected chi connectivity index (χ1v) is 6.88. The van der Waals surface area contributed by atoms with E-state index in [2.05, 4.69) is 4.98 Å². The van der Waals surface area contributed by atoms with Crippen molar-refractivity contribution < 1.29 is 9.47 Å². The number of para-hydroxylation sites is 1. The van der Waals surface area contributed by atoms with Crippen LogP contribution in [0.4, 0.5) is 0 Å². The Morgan fingerprint density at radius 2 is 2.20 bits per heavy atom. The summed E-state index contributed by atoms with van der Waals surface area (Å²) in [5.74, 6) is 1.53. The smallest absolute Gasteiger partial charge is 0.165 e. The fourth-order valence-corrected chi connectivity index (χ4v) is 2.00. The molecule has 0 unspecified atom stereocenters. The molecule has 1 aromatic heterocycles. The Morgan fingerprint density at radius 3 is 2.90 bits per heavy atom. The molecule has 0 amide bonds. The maximum Gasteiger partial charge on any atom is 0.165 e. The van der Waals surface area contributed by atoms with Crippen LogP contribution in [0.1, 0.15) is 18.9 Å². The van der Waals surface area contributed by atoms with Gasteiger partial charge in [0.25, 0.3) is 0 Å². The van der Waals surface area contributed by atoms with Crippen molar-refractivity contribution in [1.29, 1.82) is 0 Å². The van der Waals surface area contributed by atoms with Crippen molar-refractivity contribution in [1.82, 2.24) is 9.55 Å². The average Bonchev–Trinajstić information content (AvgIpc) is 2.98. The van der Waals surface area contributed by atoms with Crippen LogP contribution in [0.5, 0.6) is 11.5 Å². The van der Waals surface area contributed by atoms with Crippen molar-refractivity contribution in [2.45, 2.75) is 26.4 Å². The molecule has 2 N–H and O–H groups in total. The molecular weight excluding hydrogens is 254 g/mol. The Bertz CT molecular complexity index is 512. The minimum absolute atomic E-state index is 0.442. The number of ether oxygens (including phenoxy) is 2. The van der Waals surface area contributed by atoms with Crippen molar-refractivity contribution in [3.05, 3.63) is 42.5 Å². The molecule has 5 nitrogen and oxygen atoms in total. The fraction of sp³-hybridized carbons (Fsp3) is 0.400. The number of aromatic nitrogens is 2. The SMILES string of the molecule is CCOc1cccc(CN)c1OCCCn1ccnc1. The second-order valence-electron chi connectivity index (χ2n) is 4.38. The molecule has 0 spiro atoms. The highest BCUT2D eigenvalue weighted by Crippen LogP contribution is 2.31. The minimum Gasteiger partial charge on any atom is -0.490 e. The van der Waals surface area contributed by atoms with Crippen LogP contribution >= 0.6 is 0 Å². The Kier molecular flexibility index (Phi) is 5.43. The number of hydrogen-bond donors (Lipinski definition) is 1. The monoisotopic (exact) mass is 275 g/mol. The second kappa shape index (κ2) is 7.55. The molecule has 20 heavy (non-hydrogen) atoms. The van der Waals surface area contributed by atoms with Crippen LogP contribution in [0.15, 0.2) is 36.9 Å². The van der Waals surface area contributed by atoms with Gasteiger partial charge >= 0.3 is 0 Å². The predicted octanol–water partition coefficient (Wildman–Crippen LogP) is 2.21. The van der Waals surface area contributed by atoms with Gasteiger partial charge in [0.15, 0.2) is 11.5 Å². The van der Waals surface area contributed by atoms with E-state index in [1.165, 1.54) is 0 Å². The zero-order valence-corrected chi connectivity index (χ0v) is 11.8. The van der Waals surface area contributed by atoms with Crippen LogP contribution in [0.25, 0.3) is 0 Å². The average molecular weight is 275 g/mol. The molecule has 1 heterocycles. The zero-order valence-electron chi connectivity index (χ0n) is 11.8. The first-order chi connectivity index (χ1) is 9.85. The lowest BCUT2D eigenvalue weighted by molar-refractivity contribution is 0.266. The van der Waals surface area contributed by atoms with Gasteiger partial charge in [-0.1, -0.05) is 12.1 Å². The number of nitrogens with zero attached hydrogens (tertiary/aromatic N) is 2. The molecule has 108 valence electrons. The molecule has 0 aliphatic heterocycles. The number of benzene rings is 1. The third-order valence-corrected chi connectivity index (χ3v) is 2.95. The normalized spacial score (nSPS) is 10.5. The van der Waals surface area contributed by atoms with E-state index in [0.29, 0.717) is 19.8 Å². The Labute approximate surface area is 119 Å². The number of rotatable bonds is 8. The van der Waals surface area contributed by atoms with Gasteiger partial charge < -0.3 is 19.8 Å². The lowest BCUT2D eigenvalue weighted by Gasteiger charge is -2.15. The van der Waals surface area contributed by atoms with E-state index in [1.54, 1.807) is 12.5 Å². The molecule has 0 aliphatic carbocycles. The van der Waals surface area contributed by atoms with Gasteiger partial charge in [0.05, 0.1) is 19.5 Å². The molecule has 0 bridgehead atoms.